The number of likely N-dealkylation sites (N-methyl/N-ethyl adjacent to an activating group) is 1. The smallest absolute Gasteiger partial charge is 0.309 e. The summed E-state index contributed by atoms with van der Waals surface area (Å²) in [5.41, 5.74) is 0. The fourth-order valence-corrected chi connectivity index (χ4v) is 3.91. The fourth-order valence-electron chi connectivity index (χ4n) is 3.91. The first-order valence-electron chi connectivity index (χ1n) is 10.7. The molecule has 2 aliphatic heterocycles. The molecule has 27 heavy (non-hydrogen) atoms. The molecule has 1 N–H and O–H groups in total. The molecule has 0 aromatic rings. The maximum absolute atomic E-state index is 11.9. The number of piperidine rings is 1. The van der Waals surface area contributed by atoms with Crippen molar-refractivity contribution >= 4 is 11.9 Å². The van der Waals surface area contributed by atoms with Crippen LogP contribution in [0.3, 0.4) is 0 Å². The molecule has 0 radical (unpaired) electrons. The highest BCUT2D eigenvalue weighted by molar-refractivity contribution is 5.80. The SMILES string of the molecule is CCOC(=O)C1CCN(C(=NC)NCCCCN2CCN(CC)CC2)CC1. The number of likely N-dealkylation sites (tertiary alicyclic amines) is 1. The topological polar surface area (TPSA) is 60.4 Å². The molecule has 2 rings (SSSR count). The minimum absolute atomic E-state index is 0.0418. The molecule has 2 aliphatic rings. The highest BCUT2D eigenvalue weighted by atomic mass is 16.5. The lowest BCUT2D eigenvalue weighted by Gasteiger charge is -2.34. The zero-order valence-electron chi connectivity index (χ0n) is 17.6. The van der Waals surface area contributed by atoms with Gasteiger partial charge in [0.25, 0.3) is 0 Å². The maximum atomic E-state index is 11.9. The molecular formula is C20H39N5O2. The van der Waals surface area contributed by atoms with Gasteiger partial charge in [0.1, 0.15) is 0 Å². The standard InChI is InChI=1S/C20H39N5O2/c1-4-23-14-16-24(17-15-23)11-7-6-10-22-20(21-3)25-12-8-18(9-13-25)19(26)27-5-2/h18H,4-17H2,1-3H3,(H,21,22). The Kier molecular flexibility index (Phi) is 9.91. The van der Waals surface area contributed by atoms with Crippen molar-refractivity contribution in [3.05, 3.63) is 0 Å². The van der Waals surface area contributed by atoms with E-state index in [-0.39, 0.29) is 11.9 Å². The summed E-state index contributed by atoms with van der Waals surface area (Å²) in [6.45, 7) is 14.5. The Bertz CT molecular complexity index is 455. The molecule has 0 saturated carbocycles. The first-order valence-corrected chi connectivity index (χ1v) is 10.7. The highest BCUT2D eigenvalue weighted by Crippen LogP contribution is 2.18. The van der Waals surface area contributed by atoms with Crippen molar-refractivity contribution in [2.45, 2.75) is 39.5 Å². The molecule has 2 saturated heterocycles. The number of nitrogens with zero attached hydrogens (tertiary/aromatic N) is 4. The highest BCUT2D eigenvalue weighted by Gasteiger charge is 2.27. The lowest BCUT2D eigenvalue weighted by atomic mass is 9.97. The Morgan fingerprint density at radius 1 is 1.04 bits per heavy atom. The van der Waals surface area contributed by atoms with E-state index in [0.29, 0.717) is 6.61 Å². The van der Waals surface area contributed by atoms with Crippen LogP contribution in [0.4, 0.5) is 0 Å². The molecule has 0 aromatic heterocycles. The molecule has 2 fully saturated rings. The van der Waals surface area contributed by atoms with E-state index in [1.165, 1.54) is 45.7 Å². The second kappa shape index (κ2) is 12.2. The number of carbonyl (C=O) groups is 1. The molecule has 0 spiro atoms. The number of esters is 1. The molecule has 7 heteroatoms. The Morgan fingerprint density at radius 2 is 1.70 bits per heavy atom. The van der Waals surface area contributed by atoms with Crippen LogP contribution in [0.1, 0.15) is 39.5 Å². The zero-order valence-corrected chi connectivity index (χ0v) is 17.6. The first kappa shape index (κ1) is 22.0. The van der Waals surface area contributed by atoms with Gasteiger partial charge in [-0.3, -0.25) is 9.79 Å². The molecule has 0 aromatic carbocycles. The Morgan fingerprint density at radius 3 is 2.30 bits per heavy atom. The fraction of sp³-hybridized carbons (Fsp3) is 0.900. The van der Waals surface area contributed by atoms with Crippen molar-refractivity contribution in [3.8, 4) is 0 Å². The van der Waals surface area contributed by atoms with Gasteiger partial charge in [-0.2, -0.15) is 0 Å². The van der Waals surface area contributed by atoms with Gasteiger partial charge >= 0.3 is 5.97 Å². The van der Waals surface area contributed by atoms with Crippen LogP contribution in [0.25, 0.3) is 0 Å². The lowest BCUT2D eigenvalue weighted by molar-refractivity contribution is -0.149. The average molecular weight is 382 g/mol. The van der Waals surface area contributed by atoms with Crippen LogP contribution in [0.15, 0.2) is 4.99 Å². The minimum atomic E-state index is -0.0418. The number of piperazine rings is 1. The van der Waals surface area contributed by atoms with Gasteiger partial charge in [-0.15, -0.1) is 0 Å². The summed E-state index contributed by atoms with van der Waals surface area (Å²) >= 11 is 0. The van der Waals surface area contributed by atoms with Gasteiger partial charge < -0.3 is 24.8 Å². The Labute approximate surface area is 165 Å². The van der Waals surface area contributed by atoms with Gasteiger partial charge in [0.15, 0.2) is 5.96 Å². The predicted molar refractivity (Wildman–Crippen MR) is 110 cm³/mol. The number of hydrogen-bond donors (Lipinski definition) is 1. The van der Waals surface area contributed by atoms with Crippen molar-refractivity contribution in [2.24, 2.45) is 10.9 Å². The summed E-state index contributed by atoms with van der Waals surface area (Å²) in [4.78, 5) is 23.7. The average Bonchev–Trinajstić information content (AvgIpc) is 2.71. The van der Waals surface area contributed by atoms with Gasteiger partial charge in [0, 0.05) is 52.9 Å². The molecular weight excluding hydrogens is 342 g/mol. The molecule has 156 valence electrons. The van der Waals surface area contributed by atoms with Crippen molar-refractivity contribution in [1.29, 1.82) is 0 Å². The monoisotopic (exact) mass is 381 g/mol. The van der Waals surface area contributed by atoms with E-state index in [4.69, 9.17) is 4.74 Å². The largest absolute Gasteiger partial charge is 0.466 e. The van der Waals surface area contributed by atoms with Crippen molar-refractivity contribution < 1.29 is 9.53 Å². The summed E-state index contributed by atoms with van der Waals surface area (Å²) in [5.74, 6) is 0.973. The number of aliphatic imine (C=N–C) groups is 1. The van der Waals surface area contributed by atoms with E-state index in [1.54, 1.807) is 0 Å². The summed E-state index contributed by atoms with van der Waals surface area (Å²) in [7, 11) is 1.84. The predicted octanol–water partition coefficient (Wildman–Crippen LogP) is 1.25. The van der Waals surface area contributed by atoms with E-state index in [2.05, 4.69) is 31.9 Å². The number of ether oxygens (including phenoxy) is 1. The Hall–Kier alpha value is -1.34. The molecule has 0 atom stereocenters. The molecule has 0 amide bonds. The van der Waals surface area contributed by atoms with E-state index in [0.717, 1.165) is 44.9 Å². The van der Waals surface area contributed by atoms with Crippen LogP contribution < -0.4 is 5.32 Å². The van der Waals surface area contributed by atoms with E-state index >= 15 is 0 Å². The van der Waals surface area contributed by atoms with Crippen LogP contribution in [-0.4, -0.2) is 99.2 Å². The summed E-state index contributed by atoms with van der Waals surface area (Å²) in [6.07, 6.45) is 4.08. The van der Waals surface area contributed by atoms with Crippen LogP contribution >= 0.6 is 0 Å². The van der Waals surface area contributed by atoms with Gasteiger partial charge in [0.2, 0.25) is 0 Å². The number of rotatable bonds is 8. The summed E-state index contributed by atoms with van der Waals surface area (Å²) in [6, 6.07) is 0. The third-order valence-electron chi connectivity index (χ3n) is 5.72. The normalized spacial score (nSPS) is 20.7. The number of nitrogens with one attached hydrogen (secondary N) is 1. The van der Waals surface area contributed by atoms with Crippen molar-refractivity contribution in [3.63, 3.8) is 0 Å². The quantitative estimate of drug-likeness (QED) is 0.296. The molecule has 2 heterocycles. The van der Waals surface area contributed by atoms with Gasteiger partial charge in [-0.05, 0) is 45.7 Å². The second-order valence-electron chi connectivity index (χ2n) is 7.47. The van der Waals surface area contributed by atoms with Crippen molar-refractivity contribution in [1.82, 2.24) is 20.0 Å². The van der Waals surface area contributed by atoms with Crippen LogP contribution in [-0.2, 0) is 9.53 Å². The molecule has 7 nitrogen and oxygen atoms in total. The number of hydrogen-bond acceptors (Lipinski definition) is 5. The van der Waals surface area contributed by atoms with Crippen molar-refractivity contribution in [2.75, 3.05) is 72.6 Å². The van der Waals surface area contributed by atoms with E-state index in [9.17, 15) is 4.79 Å². The number of carbonyl (C=O) groups excluding carboxylic acids is 1. The van der Waals surface area contributed by atoms with Gasteiger partial charge in [0.05, 0.1) is 12.5 Å². The van der Waals surface area contributed by atoms with E-state index in [1.807, 2.05) is 14.0 Å². The maximum Gasteiger partial charge on any atom is 0.309 e. The molecule has 0 unspecified atom stereocenters. The molecule has 0 aliphatic carbocycles. The molecule has 0 bridgehead atoms. The van der Waals surface area contributed by atoms with E-state index < -0.39 is 0 Å². The lowest BCUT2D eigenvalue weighted by Crippen LogP contribution is -2.47. The summed E-state index contributed by atoms with van der Waals surface area (Å²) < 4.78 is 5.15. The number of unbranched alkanes of at least 4 members (excludes halogenated alkanes) is 1. The first-order chi connectivity index (χ1) is 13.2. The third kappa shape index (κ3) is 7.30. The third-order valence-corrected chi connectivity index (χ3v) is 5.72. The van der Waals surface area contributed by atoms with Crippen LogP contribution in [0.5, 0.6) is 0 Å². The van der Waals surface area contributed by atoms with Crippen LogP contribution in [0, 0.1) is 5.92 Å². The Balaban J connectivity index is 1.58. The van der Waals surface area contributed by atoms with Gasteiger partial charge in [-0.1, -0.05) is 6.92 Å². The zero-order chi connectivity index (χ0) is 19.5. The van der Waals surface area contributed by atoms with Crippen LogP contribution in [0.2, 0.25) is 0 Å². The second-order valence-corrected chi connectivity index (χ2v) is 7.47. The van der Waals surface area contributed by atoms with Gasteiger partial charge in [-0.25, -0.2) is 0 Å². The number of guanidine groups is 1. The summed E-state index contributed by atoms with van der Waals surface area (Å²) in [5, 5.41) is 3.50. The minimum Gasteiger partial charge on any atom is -0.466 e.